The van der Waals surface area contributed by atoms with E-state index in [9.17, 15) is 5.11 Å². The van der Waals surface area contributed by atoms with Crippen LogP contribution in [0, 0.1) is 0 Å². The average Bonchev–Trinajstić information content (AvgIpc) is 3.33. The lowest BCUT2D eigenvalue weighted by Crippen LogP contribution is -2.21. The lowest BCUT2D eigenvalue weighted by atomic mass is 10.0. The molecule has 3 aromatic rings. The Balaban J connectivity index is 1.58. The fourth-order valence-corrected chi connectivity index (χ4v) is 4.39. The van der Waals surface area contributed by atoms with Gasteiger partial charge in [-0.05, 0) is 35.9 Å². The first-order valence-corrected chi connectivity index (χ1v) is 11.0. The number of aromatic nitrogens is 3. The quantitative estimate of drug-likeness (QED) is 0.526. The third-order valence-corrected chi connectivity index (χ3v) is 6.13. The number of benzene rings is 1. The summed E-state index contributed by atoms with van der Waals surface area (Å²) in [7, 11) is 0. The first-order valence-electron chi connectivity index (χ1n) is 9.09. The Kier molecular flexibility index (Phi) is 6.93. The van der Waals surface area contributed by atoms with Crippen LogP contribution in [0.15, 0.2) is 46.9 Å². The zero-order valence-corrected chi connectivity index (χ0v) is 17.5. The van der Waals surface area contributed by atoms with Crippen molar-refractivity contribution >= 4 is 23.1 Å². The first-order chi connectivity index (χ1) is 13.1. The van der Waals surface area contributed by atoms with Gasteiger partial charge in [0.15, 0.2) is 11.0 Å². The highest BCUT2D eigenvalue weighted by atomic mass is 32.2. The number of thioether (sulfide) groups is 1. The Hall–Kier alpha value is -1.83. The van der Waals surface area contributed by atoms with Crippen molar-refractivity contribution in [3.8, 4) is 16.5 Å². The smallest absolute Gasteiger partial charge is 0.191 e. The maximum atomic E-state index is 10.4. The molecule has 3 rings (SSSR count). The fraction of sp³-hybridized carbons (Fsp3) is 0.400. The van der Waals surface area contributed by atoms with E-state index in [1.807, 2.05) is 35.7 Å². The van der Waals surface area contributed by atoms with Crippen LogP contribution in [0.4, 0.5) is 0 Å². The van der Waals surface area contributed by atoms with Crippen LogP contribution >= 0.6 is 23.1 Å². The lowest BCUT2D eigenvalue weighted by Gasteiger charge is -2.16. The van der Waals surface area contributed by atoms with Gasteiger partial charge < -0.3 is 14.4 Å². The molecule has 0 bridgehead atoms. The van der Waals surface area contributed by atoms with E-state index < -0.39 is 6.10 Å². The lowest BCUT2D eigenvalue weighted by molar-refractivity contribution is 0.125. The second-order valence-electron chi connectivity index (χ2n) is 6.50. The highest BCUT2D eigenvalue weighted by Gasteiger charge is 2.16. The summed E-state index contributed by atoms with van der Waals surface area (Å²) >= 11 is 3.16. The summed E-state index contributed by atoms with van der Waals surface area (Å²) in [5.41, 5.74) is 1.16. The predicted molar refractivity (Wildman–Crippen MR) is 112 cm³/mol. The molecule has 0 fully saturated rings. The van der Waals surface area contributed by atoms with Crippen LogP contribution in [0.5, 0.6) is 5.75 Å². The van der Waals surface area contributed by atoms with Gasteiger partial charge in [-0.15, -0.1) is 21.5 Å². The van der Waals surface area contributed by atoms with Crippen molar-refractivity contribution in [2.45, 2.75) is 44.5 Å². The summed E-state index contributed by atoms with van der Waals surface area (Å²) in [5.74, 6) is 2.61. The number of aliphatic hydroxyl groups excluding tert-OH is 1. The van der Waals surface area contributed by atoms with Crippen molar-refractivity contribution < 1.29 is 9.84 Å². The van der Waals surface area contributed by atoms with E-state index in [1.54, 1.807) is 11.3 Å². The molecule has 0 spiro atoms. The Morgan fingerprint density at radius 1 is 1.19 bits per heavy atom. The number of rotatable bonds is 9. The van der Waals surface area contributed by atoms with Crippen molar-refractivity contribution in [2.24, 2.45) is 0 Å². The Morgan fingerprint density at radius 2 is 2.00 bits per heavy atom. The zero-order valence-electron chi connectivity index (χ0n) is 15.8. The highest BCUT2D eigenvalue weighted by molar-refractivity contribution is 7.99. The van der Waals surface area contributed by atoms with Crippen LogP contribution in [0.25, 0.3) is 10.7 Å². The summed E-state index contributed by atoms with van der Waals surface area (Å²) in [5, 5.41) is 21.8. The number of hydrogen-bond donors (Lipinski definition) is 1. The van der Waals surface area contributed by atoms with E-state index in [1.165, 1.54) is 11.8 Å². The van der Waals surface area contributed by atoms with Crippen LogP contribution in [-0.2, 0) is 6.54 Å². The molecule has 2 heterocycles. The molecule has 7 heteroatoms. The minimum Gasteiger partial charge on any atom is -0.491 e. The van der Waals surface area contributed by atoms with E-state index in [-0.39, 0.29) is 6.61 Å². The fourth-order valence-electron chi connectivity index (χ4n) is 2.76. The van der Waals surface area contributed by atoms with Gasteiger partial charge in [0.1, 0.15) is 12.4 Å². The Bertz CT molecular complexity index is 847. The first kappa shape index (κ1) is 19.9. The molecule has 2 aromatic heterocycles. The van der Waals surface area contributed by atoms with Crippen molar-refractivity contribution in [3.05, 3.63) is 47.3 Å². The van der Waals surface area contributed by atoms with Gasteiger partial charge in [-0.25, -0.2) is 0 Å². The second-order valence-corrected chi connectivity index (χ2v) is 8.43. The normalized spacial score (nSPS) is 12.5. The van der Waals surface area contributed by atoms with Crippen LogP contribution in [0.1, 0.15) is 32.3 Å². The molecule has 1 atom stereocenters. The van der Waals surface area contributed by atoms with Gasteiger partial charge in [-0.1, -0.05) is 49.9 Å². The summed E-state index contributed by atoms with van der Waals surface area (Å²) in [4.78, 5) is 1.10. The largest absolute Gasteiger partial charge is 0.491 e. The molecule has 0 aliphatic rings. The SMILES string of the molecule is CCn1c(SC[C@H](O)COc2ccccc2C(C)C)nnc1-c1cccs1. The molecule has 1 N–H and O–H groups in total. The van der Waals surface area contributed by atoms with Crippen LogP contribution in [0.2, 0.25) is 0 Å². The van der Waals surface area contributed by atoms with Crippen molar-refractivity contribution in [1.29, 1.82) is 0 Å². The molecule has 0 unspecified atom stereocenters. The summed E-state index contributed by atoms with van der Waals surface area (Å²) in [6.07, 6.45) is -0.581. The molecule has 1 aromatic carbocycles. The zero-order chi connectivity index (χ0) is 19.2. The van der Waals surface area contributed by atoms with Gasteiger partial charge in [0.05, 0.1) is 11.0 Å². The molecular weight excluding hydrogens is 378 g/mol. The Morgan fingerprint density at radius 3 is 2.70 bits per heavy atom. The number of thiophene rings is 1. The van der Waals surface area contributed by atoms with Gasteiger partial charge in [-0.3, -0.25) is 0 Å². The van der Waals surface area contributed by atoms with Gasteiger partial charge in [0, 0.05) is 12.3 Å². The molecular formula is C20H25N3O2S2. The van der Waals surface area contributed by atoms with Gasteiger partial charge in [0.25, 0.3) is 0 Å². The maximum absolute atomic E-state index is 10.4. The van der Waals surface area contributed by atoms with Crippen LogP contribution in [-0.4, -0.2) is 38.3 Å². The molecule has 0 saturated carbocycles. The predicted octanol–water partition coefficient (Wildman–Crippen LogP) is 4.68. The van der Waals surface area contributed by atoms with Gasteiger partial charge >= 0.3 is 0 Å². The molecule has 0 saturated heterocycles. The van der Waals surface area contributed by atoms with Crippen molar-refractivity contribution in [3.63, 3.8) is 0 Å². The maximum Gasteiger partial charge on any atom is 0.191 e. The van der Waals surface area contributed by atoms with Crippen LogP contribution in [0.3, 0.4) is 0 Å². The number of aliphatic hydroxyl groups is 1. The number of nitrogens with zero attached hydrogens (tertiary/aromatic N) is 3. The minimum absolute atomic E-state index is 0.259. The third-order valence-electron chi connectivity index (χ3n) is 4.15. The van der Waals surface area contributed by atoms with Gasteiger partial charge in [0.2, 0.25) is 0 Å². The standard InChI is InChI=1S/C20H25N3O2S2/c1-4-23-19(18-10-7-11-26-18)21-22-20(23)27-13-15(24)12-25-17-9-6-5-8-16(17)14(2)3/h5-11,14-15,24H,4,12-13H2,1-3H3/t15-/m1/s1. The van der Waals surface area contributed by atoms with Crippen molar-refractivity contribution in [2.75, 3.05) is 12.4 Å². The molecule has 27 heavy (non-hydrogen) atoms. The molecule has 0 amide bonds. The number of ether oxygens (including phenoxy) is 1. The third kappa shape index (κ3) is 4.91. The topological polar surface area (TPSA) is 60.2 Å². The molecule has 144 valence electrons. The van der Waals surface area contributed by atoms with E-state index in [2.05, 4.69) is 41.6 Å². The molecule has 0 aliphatic carbocycles. The monoisotopic (exact) mass is 403 g/mol. The Labute approximate surface area is 168 Å². The molecule has 5 nitrogen and oxygen atoms in total. The summed E-state index contributed by atoms with van der Waals surface area (Å²) < 4.78 is 7.95. The van der Waals surface area contributed by atoms with E-state index in [0.29, 0.717) is 11.7 Å². The summed E-state index contributed by atoms with van der Waals surface area (Å²) in [6, 6.07) is 12.0. The van der Waals surface area contributed by atoms with E-state index in [0.717, 1.165) is 33.7 Å². The van der Waals surface area contributed by atoms with Crippen molar-refractivity contribution in [1.82, 2.24) is 14.8 Å². The second kappa shape index (κ2) is 9.39. The highest BCUT2D eigenvalue weighted by Crippen LogP contribution is 2.28. The average molecular weight is 404 g/mol. The number of hydrogen-bond acceptors (Lipinski definition) is 6. The van der Waals surface area contributed by atoms with Crippen LogP contribution < -0.4 is 4.74 Å². The number of para-hydroxylation sites is 1. The molecule has 0 aliphatic heterocycles. The summed E-state index contributed by atoms with van der Waals surface area (Å²) in [6.45, 7) is 7.40. The minimum atomic E-state index is -0.581. The van der Waals surface area contributed by atoms with Gasteiger partial charge in [-0.2, -0.15) is 0 Å². The van der Waals surface area contributed by atoms with E-state index >= 15 is 0 Å². The van der Waals surface area contributed by atoms with E-state index in [4.69, 9.17) is 4.74 Å². The molecule has 0 radical (unpaired) electrons.